The summed E-state index contributed by atoms with van der Waals surface area (Å²) in [5.41, 5.74) is 12.6. The minimum absolute atomic E-state index is 0.161. The molecule has 0 fully saturated rings. The highest BCUT2D eigenvalue weighted by Crippen LogP contribution is 2.17. The number of carbonyl (C=O) groups is 1. The summed E-state index contributed by atoms with van der Waals surface area (Å²) >= 11 is 1.76. The summed E-state index contributed by atoms with van der Waals surface area (Å²) in [7, 11) is 0. The van der Waals surface area contributed by atoms with Crippen LogP contribution in [0, 0.1) is 0 Å². The van der Waals surface area contributed by atoms with Crippen molar-refractivity contribution in [3.8, 4) is 0 Å². The Morgan fingerprint density at radius 1 is 1.44 bits per heavy atom. The van der Waals surface area contributed by atoms with Gasteiger partial charge in [0, 0.05) is 22.6 Å². The summed E-state index contributed by atoms with van der Waals surface area (Å²) in [6.07, 6.45) is 0. The van der Waals surface area contributed by atoms with Gasteiger partial charge in [-0.25, -0.2) is 0 Å². The Balaban J connectivity index is 2.55. The van der Waals surface area contributed by atoms with Gasteiger partial charge in [0.1, 0.15) is 0 Å². The van der Waals surface area contributed by atoms with Crippen molar-refractivity contribution in [1.29, 1.82) is 0 Å². The number of hydrogen-bond donors (Lipinski definition) is 2. The minimum atomic E-state index is -0.383. The van der Waals surface area contributed by atoms with Crippen LogP contribution in [0.25, 0.3) is 0 Å². The Labute approximate surface area is 101 Å². The number of rotatable bonds is 5. The summed E-state index contributed by atoms with van der Waals surface area (Å²) < 4.78 is 0. The molecule has 1 aromatic rings. The van der Waals surface area contributed by atoms with Crippen molar-refractivity contribution in [1.82, 2.24) is 0 Å². The predicted molar refractivity (Wildman–Crippen MR) is 69.4 cm³/mol. The monoisotopic (exact) mass is 238 g/mol. The zero-order chi connectivity index (χ0) is 12.2. The molecule has 0 saturated carbocycles. The number of amides is 1. The highest BCUT2D eigenvalue weighted by Gasteiger charge is 2.10. The molecule has 0 aliphatic heterocycles. The van der Waals surface area contributed by atoms with Crippen LogP contribution in [0.15, 0.2) is 24.3 Å². The number of primary amides is 1. The van der Waals surface area contributed by atoms with E-state index in [1.807, 2.05) is 32.0 Å². The van der Waals surface area contributed by atoms with Crippen molar-refractivity contribution >= 4 is 17.7 Å². The van der Waals surface area contributed by atoms with Crippen LogP contribution in [0.4, 0.5) is 0 Å². The van der Waals surface area contributed by atoms with E-state index in [1.165, 1.54) is 0 Å². The quantitative estimate of drug-likeness (QED) is 0.821. The van der Waals surface area contributed by atoms with E-state index >= 15 is 0 Å². The van der Waals surface area contributed by atoms with Gasteiger partial charge in [-0.3, -0.25) is 4.79 Å². The lowest BCUT2D eigenvalue weighted by molar-refractivity contribution is 0.1000. The first-order valence-electron chi connectivity index (χ1n) is 5.14. The smallest absolute Gasteiger partial charge is 0.248 e. The van der Waals surface area contributed by atoms with Gasteiger partial charge in [0.05, 0.1) is 0 Å². The van der Waals surface area contributed by atoms with Crippen molar-refractivity contribution in [2.75, 3.05) is 5.75 Å². The zero-order valence-electron chi connectivity index (χ0n) is 9.69. The third-order valence-corrected chi connectivity index (χ3v) is 3.44. The Morgan fingerprint density at radius 2 is 2.12 bits per heavy atom. The number of thioether (sulfide) groups is 1. The maximum absolute atomic E-state index is 11.0. The Morgan fingerprint density at radius 3 is 2.69 bits per heavy atom. The summed E-state index contributed by atoms with van der Waals surface area (Å²) in [6.45, 7) is 4.00. The Kier molecular flexibility index (Phi) is 4.38. The van der Waals surface area contributed by atoms with Gasteiger partial charge in [-0.1, -0.05) is 12.1 Å². The highest BCUT2D eigenvalue weighted by molar-refractivity contribution is 7.98. The van der Waals surface area contributed by atoms with Gasteiger partial charge in [-0.15, -0.1) is 0 Å². The maximum atomic E-state index is 11.0. The summed E-state index contributed by atoms with van der Waals surface area (Å²) in [5.74, 6) is 1.35. The van der Waals surface area contributed by atoms with E-state index < -0.39 is 0 Å². The van der Waals surface area contributed by atoms with Gasteiger partial charge in [-0.05, 0) is 31.5 Å². The maximum Gasteiger partial charge on any atom is 0.248 e. The van der Waals surface area contributed by atoms with E-state index in [0.29, 0.717) is 5.56 Å². The van der Waals surface area contributed by atoms with Gasteiger partial charge in [0.25, 0.3) is 0 Å². The largest absolute Gasteiger partial charge is 0.366 e. The third kappa shape index (κ3) is 4.68. The number of benzene rings is 1. The first kappa shape index (κ1) is 13.1. The van der Waals surface area contributed by atoms with E-state index in [2.05, 4.69) is 0 Å². The fourth-order valence-corrected chi connectivity index (χ4v) is 2.29. The molecule has 0 saturated heterocycles. The lowest BCUT2D eigenvalue weighted by Crippen LogP contribution is -2.34. The minimum Gasteiger partial charge on any atom is -0.366 e. The van der Waals surface area contributed by atoms with Crippen LogP contribution in [-0.4, -0.2) is 17.2 Å². The fraction of sp³-hybridized carbons (Fsp3) is 0.417. The molecule has 0 aliphatic carbocycles. The van der Waals surface area contributed by atoms with Gasteiger partial charge in [0.2, 0.25) is 5.91 Å². The molecule has 0 aromatic heterocycles. The standard InChI is InChI=1S/C12H18N2OS/c1-12(2,14)8-16-7-9-4-3-5-10(6-9)11(13)15/h3-6H,7-8,14H2,1-2H3,(H2,13,15). The van der Waals surface area contributed by atoms with E-state index in [4.69, 9.17) is 11.5 Å². The molecular weight excluding hydrogens is 220 g/mol. The molecule has 0 aliphatic rings. The van der Waals surface area contributed by atoms with Gasteiger partial charge in [0.15, 0.2) is 0 Å². The molecular formula is C12H18N2OS. The zero-order valence-corrected chi connectivity index (χ0v) is 10.5. The lowest BCUT2D eigenvalue weighted by atomic mass is 10.1. The second kappa shape index (κ2) is 5.37. The van der Waals surface area contributed by atoms with Crippen molar-refractivity contribution in [2.24, 2.45) is 11.5 Å². The molecule has 3 nitrogen and oxygen atoms in total. The van der Waals surface area contributed by atoms with Gasteiger partial charge >= 0.3 is 0 Å². The lowest BCUT2D eigenvalue weighted by Gasteiger charge is -2.17. The first-order valence-corrected chi connectivity index (χ1v) is 6.29. The SMILES string of the molecule is CC(C)(N)CSCc1cccc(C(N)=O)c1. The molecule has 1 aromatic carbocycles. The van der Waals surface area contributed by atoms with E-state index in [-0.39, 0.29) is 11.4 Å². The van der Waals surface area contributed by atoms with Gasteiger partial charge < -0.3 is 11.5 Å². The number of nitrogens with two attached hydrogens (primary N) is 2. The van der Waals surface area contributed by atoms with Crippen LogP contribution in [0.5, 0.6) is 0 Å². The third-order valence-electron chi connectivity index (χ3n) is 1.95. The van der Waals surface area contributed by atoms with Crippen LogP contribution in [-0.2, 0) is 5.75 Å². The molecule has 0 radical (unpaired) electrons. The van der Waals surface area contributed by atoms with E-state index in [0.717, 1.165) is 17.1 Å². The van der Waals surface area contributed by atoms with Crippen LogP contribution in [0.3, 0.4) is 0 Å². The number of hydrogen-bond acceptors (Lipinski definition) is 3. The first-order chi connectivity index (χ1) is 7.38. The van der Waals surface area contributed by atoms with Crippen molar-refractivity contribution < 1.29 is 4.79 Å². The Hall–Kier alpha value is -1.00. The molecule has 0 heterocycles. The molecule has 1 amide bonds. The molecule has 0 spiro atoms. The van der Waals surface area contributed by atoms with Crippen LogP contribution >= 0.6 is 11.8 Å². The fourth-order valence-electron chi connectivity index (χ4n) is 1.25. The molecule has 1 rings (SSSR count). The normalized spacial score (nSPS) is 11.4. The molecule has 0 atom stereocenters. The average Bonchev–Trinajstić information content (AvgIpc) is 2.16. The molecule has 16 heavy (non-hydrogen) atoms. The molecule has 4 heteroatoms. The number of carbonyl (C=O) groups excluding carboxylic acids is 1. The van der Waals surface area contributed by atoms with E-state index in [1.54, 1.807) is 17.8 Å². The highest BCUT2D eigenvalue weighted by atomic mass is 32.2. The second-order valence-electron chi connectivity index (χ2n) is 4.55. The van der Waals surface area contributed by atoms with Crippen molar-refractivity contribution in [3.05, 3.63) is 35.4 Å². The van der Waals surface area contributed by atoms with Crippen LogP contribution in [0.1, 0.15) is 29.8 Å². The van der Waals surface area contributed by atoms with E-state index in [9.17, 15) is 4.79 Å². The summed E-state index contributed by atoms with van der Waals surface area (Å²) in [4.78, 5) is 11.0. The Bertz CT molecular complexity index is 372. The summed E-state index contributed by atoms with van der Waals surface area (Å²) in [5, 5.41) is 0. The predicted octanol–water partition coefficient (Wildman–Crippen LogP) is 1.76. The average molecular weight is 238 g/mol. The topological polar surface area (TPSA) is 69.1 Å². The van der Waals surface area contributed by atoms with Crippen molar-refractivity contribution in [3.63, 3.8) is 0 Å². The molecule has 0 bridgehead atoms. The van der Waals surface area contributed by atoms with Crippen LogP contribution in [0.2, 0.25) is 0 Å². The second-order valence-corrected chi connectivity index (χ2v) is 5.53. The van der Waals surface area contributed by atoms with Gasteiger partial charge in [-0.2, -0.15) is 11.8 Å². The van der Waals surface area contributed by atoms with Crippen LogP contribution < -0.4 is 11.5 Å². The van der Waals surface area contributed by atoms with Crippen molar-refractivity contribution in [2.45, 2.75) is 25.1 Å². The molecule has 0 unspecified atom stereocenters. The molecule has 4 N–H and O–H groups in total. The molecule has 88 valence electrons. The summed E-state index contributed by atoms with van der Waals surface area (Å²) in [6, 6.07) is 7.40.